The predicted molar refractivity (Wildman–Crippen MR) is 153 cm³/mol. The summed E-state index contributed by atoms with van der Waals surface area (Å²) in [7, 11) is 0. The van der Waals surface area contributed by atoms with Gasteiger partial charge in [0.1, 0.15) is 6.61 Å². The molecule has 0 spiro atoms. The summed E-state index contributed by atoms with van der Waals surface area (Å²) in [6.07, 6.45) is 7.70. The van der Waals surface area contributed by atoms with E-state index >= 15 is 0 Å². The molecule has 0 amide bonds. The Labute approximate surface area is 222 Å². The third kappa shape index (κ3) is 7.44. The van der Waals surface area contributed by atoms with Crippen molar-refractivity contribution < 1.29 is 4.74 Å². The molecular formula is C35H37NO. The Balaban J connectivity index is 1.38. The first-order chi connectivity index (χ1) is 18.3. The highest BCUT2D eigenvalue weighted by Gasteiger charge is 2.31. The zero-order valence-corrected chi connectivity index (χ0v) is 21.6. The summed E-state index contributed by atoms with van der Waals surface area (Å²) >= 11 is 0. The number of ether oxygens (including phenoxy) is 1. The summed E-state index contributed by atoms with van der Waals surface area (Å²) in [6.45, 7) is 1.59. The van der Waals surface area contributed by atoms with Crippen molar-refractivity contribution >= 4 is 0 Å². The van der Waals surface area contributed by atoms with E-state index in [1.54, 1.807) is 0 Å². The van der Waals surface area contributed by atoms with Gasteiger partial charge >= 0.3 is 0 Å². The van der Waals surface area contributed by atoms with E-state index in [1.807, 2.05) is 0 Å². The predicted octanol–water partition coefficient (Wildman–Crippen LogP) is 8.00. The van der Waals surface area contributed by atoms with Crippen LogP contribution in [0.25, 0.3) is 0 Å². The lowest BCUT2D eigenvalue weighted by molar-refractivity contribution is 0.0832. The lowest BCUT2D eigenvalue weighted by atomic mass is 9.91. The molecule has 188 valence electrons. The van der Waals surface area contributed by atoms with Crippen LogP contribution in [0.2, 0.25) is 0 Å². The normalized spacial score (nSPS) is 17.8. The zero-order valence-electron chi connectivity index (χ0n) is 21.6. The molecule has 0 aromatic heterocycles. The van der Waals surface area contributed by atoms with Crippen molar-refractivity contribution in [3.05, 3.63) is 155 Å². The van der Waals surface area contributed by atoms with Gasteiger partial charge in [-0.15, -0.1) is 0 Å². The Morgan fingerprint density at radius 1 is 0.568 bits per heavy atom. The molecule has 0 saturated heterocycles. The standard InChI is InChI=1S/C35H37NO/c1-5-13-29(14-6-1)21-23-33-25-35(37-28-32-19-11-4-12-20-32)26-34(24-22-30-15-7-2-8-16-30)36(33)27-31-17-9-3-10-18-31/h1-20,25,33-34H,21-24,26-28H2/t33-,34+/m0/s1. The first-order valence-corrected chi connectivity index (χ1v) is 13.6. The number of nitrogens with zero attached hydrogens (tertiary/aromatic N) is 1. The molecule has 2 heteroatoms. The number of rotatable bonds is 11. The van der Waals surface area contributed by atoms with Crippen LogP contribution in [0.4, 0.5) is 0 Å². The fraction of sp³-hybridized carbons (Fsp3) is 0.257. The summed E-state index contributed by atoms with van der Waals surface area (Å²) in [5.74, 6) is 1.14. The monoisotopic (exact) mass is 487 g/mol. The Kier molecular flexibility index (Phi) is 8.85. The van der Waals surface area contributed by atoms with Gasteiger partial charge in [-0.1, -0.05) is 121 Å². The third-order valence-electron chi connectivity index (χ3n) is 7.37. The molecule has 4 aromatic rings. The minimum absolute atomic E-state index is 0.334. The maximum atomic E-state index is 6.47. The average Bonchev–Trinajstić information content (AvgIpc) is 2.97. The SMILES string of the molecule is C1=C(OCc2ccccc2)C[C@@H](CCc2ccccc2)N(Cc2ccccc2)[C@H]1CCc1ccccc1. The molecule has 0 radical (unpaired) electrons. The van der Waals surface area contributed by atoms with E-state index in [0.717, 1.165) is 44.4 Å². The van der Waals surface area contributed by atoms with Crippen LogP contribution in [-0.4, -0.2) is 17.0 Å². The molecule has 2 nitrogen and oxygen atoms in total. The van der Waals surface area contributed by atoms with E-state index in [1.165, 1.54) is 22.3 Å². The van der Waals surface area contributed by atoms with E-state index in [2.05, 4.69) is 132 Å². The molecule has 0 fully saturated rings. The van der Waals surface area contributed by atoms with Gasteiger partial charge < -0.3 is 4.74 Å². The van der Waals surface area contributed by atoms with E-state index in [-0.39, 0.29) is 0 Å². The summed E-state index contributed by atoms with van der Waals surface area (Å²) in [5, 5.41) is 0. The summed E-state index contributed by atoms with van der Waals surface area (Å²) in [4.78, 5) is 2.73. The summed E-state index contributed by atoms with van der Waals surface area (Å²) in [5.41, 5.74) is 5.40. The van der Waals surface area contributed by atoms with Gasteiger partial charge in [-0.05, 0) is 54.0 Å². The fourth-order valence-electron chi connectivity index (χ4n) is 5.35. The maximum absolute atomic E-state index is 6.47. The molecule has 4 aromatic carbocycles. The zero-order chi connectivity index (χ0) is 25.1. The van der Waals surface area contributed by atoms with Gasteiger partial charge in [0.2, 0.25) is 0 Å². The molecule has 2 atom stereocenters. The van der Waals surface area contributed by atoms with Crippen LogP contribution in [0, 0.1) is 0 Å². The van der Waals surface area contributed by atoms with Crippen LogP contribution in [0.15, 0.2) is 133 Å². The molecule has 0 unspecified atom stereocenters. The molecule has 1 heterocycles. The van der Waals surface area contributed by atoms with Crippen molar-refractivity contribution in [3.8, 4) is 0 Å². The van der Waals surface area contributed by atoms with Gasteiger partial charge in [-0.2, -0.15) is 0 Å². The van der Waals surface area contributed by atoms with Crippen molar-refractivity contribution in [2.45, 2.75) is 57.3 Å². The molecule has 5 rings (SSSR count). The second-order valence-corrected chi connectivity index (χ2v) is 10.0. The molecule has 1 aliphatic rings. The second kappa shape index (κ2) is 13.1. The topological polar surface area (TPSA) is 12.5 Å². The summed E-state index contributed by atoms with van der Waals surface area (Å²) in [6, 6.07) is 44.0. The van der Waals surface area contributed by atoms with Crippen LogP contribution in [0.1, 0.15) is 41.5 Å². The highest BCUT2D eigenvalue weighted by atomic mass is 16.5. The van der Waals surface area contributed by atoms with Gasteiger partial charge in [-0.25, -0.2) is 0 Å². The van der Waals surface area contributed by atoms with Crippen molar-refractivity contribution in [2.24, 2.45) is 0 Å². The van der Waals surface area contributed by atoms with E-state index in [9.17, 15) is 0 Å². The number of hydrogen-bond donors (Lipinski definition) is 0. The van der Waals surface area contributed by atoms with E-state index in [4.69, 9.17) is 4.74 Å². The Morgan fingerprint density at radius 2 is 1.05 bits per heavy atom. The van der Waals surface area contributed by atoms with Crippen LogP contribution in [-0.2, 0) is 30.7 Å². The molecule has 0 aliphatic carbocycles. The number of aryl methyl sites for hydroxylation is 2. The molecule has 1 aliphatic heterocycles. The van der Waals surface area contributed by atoms with Crippen molar-refractivity contribution in [1.29, 1.82) is 0 Å². The molecule has 0 bridgehead atoms. The van der Waals surface area contributed by atoms with Crippen molar-refractivity contribution in [3.63, 3.8) is 0 Å². The van der Waals surface area contributed by atoms with Gasteiger partial charge in [0, 0.05) is 25.0 Å². The van der Waals surface area contributed by atoms with Crippen LogP contribution < -0.4 is 0 Å². The highest BCUT2D eigenvalue weighted by molar-refractivity contribution is 5.21. The Morgan fingerprint density at radius 3 is 1.62 bits per heavy atom. The molecule has 0 saturated carbocycles. The largest absolute Gasteiger partial charge is 0.493 e. The lowest BCUT2D eigenvalue weighted by Crippen LogP contribution is -2.45. The Bertz CT molecular complexity index is 1220. The van der Waals surface area contributed by atoms with Gasteiger partial charge in [-0.3, -0.25) is 4.90 Å². The van der Waals surface area contributed by atoms with Crippen LogP contribution in [0.3, 0.4) is 0 Å². The maximum Gasteiger partial charge on any atom is 0.113 e. The number of hydrogen-bond acceptors (Lipinski definition) is 2. The third-order valence-corrected chi connectivity index (χ3v) is 7.37. The molecule has 0 N–H and O–H groups in total. The quantitative estimate of drug-likeness (QED) is 0.212. The second-order valence-electron chi connectivity index (χ2n) is 10.0. The molecule has 37 heavy (non-hydrogen) atoms. The van der Waals surface area contributed by atoms with Gasteiger partial charge in [0.15, 0.2) is 0 Å². The summed E-state index contributed by atoms with van der Waals surface area (Å²) < 4.78 is 6.47. The lowest BCUT2D eigenvalue weighted by Gasteiger charge is -2.41. The molecular weight excluding hydrogens is 450 g/mol. The minimum Gasteiger partial charge on any atom is -0.493 e. The van der Waals surface area contributed by atoms with Crippen molar-refractivity contribution in [1.82, 2.24) is 4.90 Å². The van der Waals surface area contributed by atoms with Crippen LogP contribution in [0.5, 0.6) is 0 Å². The van der Waals surface area contributed by atoms with E-state index in [0.29, 0.717) is 18.7 Å². The first-order valence-electron chi connectivity index (χ1n) is 13.6. The fourth-order valence-corrected chi connectivity index (χ4v) is 5.35. The highest BCUT2D eigenvalue weighted by Crippen LogP contribution is 2.31. The smallest absolute Gasteiger partial charge is 0.113 e. The Hall–Kier alpha value is -3.62. The van der Waals surface area contributed by atoms with E-state index < -0.39 is 0 Å². The van der Waals surface area contributed by atoms with Gasteiger partial charge in [0.25, 0.3) is 0 Å². The van der Waals surface area contributed by atoms with Crippen molar-refractivity contribution in [2.75, 3.05) is 0 Å². The number of benzene rings is 4. The first kappa shape index (κ1) is 25.0. The average molecular weight is 488 g/mol. The van der Waals surface area contributed by atoms with Gasteiger partial charge in [0.05, 0.1) is 5.76 Å². The minimum atomic E-state index is 0.334. The van der Waals surface area contributed by atoms with Crippen LogP contribution >= 0.6 is 0 Å².